The monoisotopic (exact) mass is 217 g/mol. The second kappa shape index (κ2) is 5.80. The van der Waals surface area contributed by atoms with E-state index in [1.165, 1.54) is 0 Å². The lowest BCUT2D eigenvalue weighted by molar-refractivity contribution is -0.147. The first-order chi connectivity index (χ1) is 7.13. The molecule has 1 saturated heterocycles. The molecule has 1 rings (SSSR count). The van der Waals surface area contributed by atoms with E-state index in [1.807, 2.05) is 0 Å². The Hall–Kier alpha value is -0.160. The Bertz CT molecular complexity index is 187. The minimum Gasteiger partial charge on any atom is -0.394 e. The van der Waals surface area contributed by atoms with Crippen LogP contribution in [0.25, 0.3) is 0 Å². The summed E-state index contributed by atoms with van der Waals surface area (Å²) >= 11 is 0. The van der Waals surface area contributed by atoms with E-state index in [0.717, 1.165) is 12.8 Å². The molecular weight excluding hydrogens is 194 g/mol. The molecule has 0 saturated carbocycles. The fraction of sp³-hybridized carbons (Fsp3) is 1.00. The van der Waals surface area contributed by atoms with Gasteiger partial charge in [-0.25, -0.2) is 0 Å². The maximum absolute atomic E-state index is 8.78. The molecule has 3 N–H and O–H groups in total. The molecule has 15 heavy (non-hydrogen) atoms. The van der Waals surface area contributed by atoms with Gasteiger partial charge in [0.05, 0.1) is 24.9 Å². The minimum absolute atomic E-state index is 0.0505. The summed E-state index contributed by atoms with van der Waals surface area (Å²) in [7, 11) is 0. The van der Waals surface area contributed by atoms with Crippen molar-refractivity contribution in [1.29, 1.82) is 0 Å². The second-order valence-corrected chi connectivity index (χ2v) is 4.57. The molecule has 0 spiro atoms. The molecule has 4 nitrogen and oxygen atoms in total. The normalized spacial score (nSPS) is 32.2. The fourth-order valence-electron chi connectivity index (χ4n) is 1.99. The van der Waals surface area contributed by atoms with Gasteiger partial charge in [-0.1, -0.05) is 13.8 Å². The van der Waals surface area contributed by atoms with Crippen LogP contribution < -0.4 is 5.73 Å². The third kappa shape index (κ3) is 3.41. The summed E-state index contributed by atoms with van der Waals surface area (Å²) < 4.78 is 11.4. The smallest absolute Gasteiger partial charge is 0.0851 e. The molecule has 0 bridgehead atoms. The highest BCUT2D eigenvalue weighted by Crippen LogP contribution is 2.30. The maximum atomic E-state index is 8.78. The molecule has 4 heteroatoms. The first-order valence-electron chi connectivity index (χ1n) is 5.70. The van der Waals surface area contributed by atoms with Crippen molar-refractivity contribution in [1.82, 2.24) is 0 Å². The van der Waals surface area contributed by atoms with Gasteiger partial charge >= 0.3 is 0 Å². The summed E-state index contributed by atoms with van der Waals surface area (Å²) in [4.78, 5) is 0. The number of rotatable bonds is 5. The van der Waals surface area contributed by atoms with E-state index in [0.29, 0.717) is 25.7 Å². The summed E-state index contributed by atoms with van der Waals surface area (Å²) in [5.41, 5.74) is 5.50. The van der Waals surface area contributed by atoms with Gasteiger partial charge in [0, 0.05) is 26.0 Å². The fourth-order valence-corrected chi connectivity index (χ4v) is 1.99. The van der Waals surface area contributed by atoms with Crippen molar-refractivity contribution in [3.8, 4) is 0 Å². The van der Waals surface area contributed by atoms with E-state index < -0.39 is 0 Å². The van der Waals surface area contributed by atoms with Crippen molar-refractivity contribution in [2.45, 2.75) is 38.4 Å². The van der Waals surface area contributed by atoms with Crippen molar-refractivity contribution in [3.63, 3.8) is 0 Å². The van der Waals surface area contributed by atoms with E-state index >= 15 is 0 Å². The highest BCUT2D eigenvalue weighted by molar-refractivity contribution is 4.89. The van der Waals surface area contributed by atoms with Gasteiger partial charge in [0.2, 0.25) is 0 Å². The molecule has 0 aromatic carbocycles. The van der Waals surface area contributed by atoms with Gasteiger partial charge in [-0.3, -0.25) is 0 Å². The summed E-state index contributed by atoms with van der Waals surface area (Å²) in [6.45, 7) is 5.90. The SMILES string of the molecule is CC(C)C1CC(CN)(OCCO)CCO1. The molecule has 0 aromatic rings. The molecule has 2 unspecified atom stereocenters. The Morgan fingerprint density at radius 2 is 2.33 bits per heavy atom. The number of hydrogen-bond acceptors (Lipinski definition) is 4. The zero-order chi connectivity index (χ0) is 11.3. The van der Waals surface area contributed by atoms with Crippen LogP contribution in [0.5, 0.6) is 0 Å². The number of hydrogen-bond donors (Lipinski definition) is 2. The Kier molecular flexibility index (Phi) is 4.99. The Morgan fingerprint density at radius 3 is 2.87 bits per heavy atom. The van der Waals surface area contributed by atoms with Crippen LogP contribution >= 0.6 is 0 Å². The van der Waals surface area contributed by atoms with Crippen LogP contribution in [0.2, 0.25) is 0 Å². The second-order valence-electron chi connectivity index (χ2n) is 4.57. The van der Waals surface area contributed by atoms with E-state index in [-0.39, 0.29) is 18.3 Å². The third-order valence-corrected chi connectivity index (χ3v) is 3.08. The van der Waals surface area contributed by atoms with Crippen LogP contribution in [0.1, 0.15) is 26.7 Å². The zero-order valence-electron chi connectivity index (χ0n) is 9.74. The van der Waals surface area contributed by atoms with Crippen molar-refractivity contribution in [2.75, 3.05) is 26.4 Å². The molecule has 90 valence electrons. The average Bonchev–Trinajstić information content (AvgIpc) is 2.26. The van der Waals surface area contributed by atoms with E-state index in [2.05, 4.69) is 13.8 Å². The highest BCUT2D eigenvalue weighted by Gasteiger charge is 2.37. The first-order valence-corrected chi connectivity index (χ1v) is 5.70. The lowest BCUT2D eigenvalue weighted by Gasteiger charge is -2.41. The van der Waals surface area contributed by atoms with E-state index in [9.17, 15) is 0 Å². The summed E-state index contributed by atoms with van der Waals surface area (Å²) in [6.07, 6.45) is 1.88. The van der Waals surface area contributed by atoms with Crippen LogP contribution in [0.15, 0.2) is 0 Å². The quantitative estimate of drug-likeness (QED) is 0.705. The Labute approximate surface area is 91.7 Å². The standard InChI is InChI=1S/C11H23NO3/c1-9(2)10-7-11(8-12,3-5-14-10)15-6-4-13/h9-10,13H,3-8,12H2,1-2H3. The molecule has 0 radical (unpaired) electrons. The van der Waals surface area contributed by atoms with Crippen LogP contribution in [0.4, 0.5) is 0 Å². The van der Waals surface area contributed by atoms with Crippen molar-refractivity contribution in [2.24, 2.45) is 11.7 Å². The third-order valence-electron chi connectivity index (χ3n) is 3.08. The predicted octanol–water partition coefficient (Wildman–Crippen LogP) is 0.528. The van der Waals surface area contributed by atoms with Crippen LogP contribution in [-0.2, 0) is 9.47 Å². The van der Waals surface area contributed by atoms with Gasteiger partial charge < -0.3 is 20.3 Å². The molecule has 1 fully saturated rings. The van der Waals surface area contributed by atoms with Gasteiger partial charge in [0.15, 0.2) is 0 Å². The number of aliphatic hydroxyl groups is 1. The molecule has 0 amide bonds. The predicted molar refractivity (Wildman–Crippen MR) is 58.6 cm³/mol. The van der Waals surface area contributed by atoms with Crippen molar-refractivity contribution in [3.05, 3.63) is 0 Å². The Morgan fingerprint density at radius 1 is 1.60 bits per heavy atom. The van der Waals surface area contributed by atoms with Crippen LogP contribution in [0, 0.1) is 5.92 Å². The molecule has 1 aliphatic heterocycles. The number of aliphatic hydroxyl groups excluding tert-OH is 1. The largest absolute Gasteiger partial charge is 0.394 e. The van der Waals surface area contributed by atoms with Gasteiger partial charge in [0.25, 0.3) is 0 Å². The van der Waals surface area contributed by atoms with Gasteiger partial charge in [0.1, 0.15) is 0 Å². The van der Waals surface area contributed by atoms with Gasteiger partial charge in [-0.05, 0) is 5.92 Å². The van der Waals surface area contributed by atoms with Crippen LogP contribution in [0.3, 0.4) is 0 Å². The average molecular weight is 217 g/mol. The van der Waals surface area contributed by atoms with Crippen molar-refractivity contribution >= 4 is 0 Å². The van der Waals surface area contributed by atoms with Crippen molar-refractivity contribution < 1.29 is 14.6 Å². The molecule has 2 atom stereocenters. The molecule has 0 aliphatic carbocycles. The lowest BCUT2D eigenvalue weighted by Crippen LogP contribution is -2.50. The maximum Gasteiger partial charge on any atom is 0.0851 e. The summed E-state index contributed by atoms with van der Waals surface area (Å²) in [5.74, 6) is 0.481. The molecule has 1 aliphatic rings. The number of nitrogens with two attached hydrogens (primary N) is 1. The first kappa shape index (κ1) is 12.9. The van der Waals surface area contributed by atoms with Gasteiger partial charge in [-0.2, -0.15) is 0 Å². The van der Waals surface area contributed by atoms with E-state index in [4.69, 9.17) is 20.3 Å². The topological polar surface area (TPSA) is 64.7 Å². The minimum atomic E-state index is -0.282. The Balaban J connectivity index is 2.55. The molecule has 1 heterocycles. The van der Waals surface area contributed by atoms with Gasteiger partial charge in [-0.15, -0.1) is 0 Å². The van der Waals surface area contributed by atoms with E-state index in [1.54, 1.807) is 0 Å². The summed E-state index contributed by atoms with van der Waals surface area (Å²) in [6, 6.07) is 0. The molecule has 0 aromatic heterocycles. The van der Waals surface area contributed by atoms with Crippen LogP contribution in [-0.4, -0.2) is 43.2 Å². The lowest BCUT2D eigenvalue weighted by atomic mass is 9.86. The summed E-state index contributed by atoms with van der Waals surface area (Å²) in [5, 5.41) is 8.78. The molecular formula is C11H23NO3. The highest BCUT2D eigenvalue weighted by atomic mass is 16.5. The number of ether oxygens (including phenoxy) is 2. The zero-order valence-corrected chi connectivity index (χ0v) is 9.74.